The summed E-state index contributed by atoms with van der Waals surface area (Å²) >= 11 is 0.726. The van der Waals surface area contributed by atoms with Gasteiger partial charge in [0.05, 0.1) is 5.56 Å². The summed E-state index contributed by atoms with van der Waals surface area (Å²) in [4.78, 5) is 61.0. The summed E-state index contributed by atoms with van der Waals surface area (Å²) in [6, 6.07) is 6.06. The number of likely N-dealkylation sites (tertiary alicyclic amines) is 1. The number of carboxylic acid groups (broad SMARTS) is 1. The Morgan fingerprint density at radius 2 is 1.69 bits per heavy atom. The minimum Gasteiger partial charge on any atom is -0.478 e. The summed E-state index contributed by atoms with van der Waals surface area (Å²) in [7, 11) is 0. The van der Waals surface area contributed by atoms with Crippen LogP contribution in [0.5, 0.6) is 0 Å². The molecule has 2 aliphatic heterocycles. The number of carboxylic acids is 1. The molecule has 1 aromatic rings. The molecule has 1 atom stereocenters. The molecule has 0 bridgehead atoms. The van der Waals surface area contributed by atoms with Gasteiger partial charge < -0.3 is 10.4 Å². The maximum Gasteiger partial charge on any atom is 0.337 e. The third kappa shape index (κ3) is 3.40. The largest absolute Gasteiger partial charge is 0.478 e. The van der Waals surface area contributed by atoms with Crippen LogP contribution in [0.2, 0.25) is 0 Å². The maximum absolute atomic E-state index is 12.5. The number of benzene rings is 1. The second-order valence-corrected chi connectivity index (χ2v) is 6.74. The third-order valence-electron chi connectivity index (χ3n) is 4.08. The lowest BCUT2D eigenvalue weighted by molar-refractivity contribution is -0.139. The molecule has 2 N–H and O–H groups in total. The molecule has 2 aliphatic rings. The minimum atomic E-state index is -1.15. The van der Waals surface area contributed by atoms with Crippen LogP contribution in [0, 0.1) is 0 Å². The quantitative estimate of drug-likeness (QED) is 0.703. The number of nitrogens with one attached hydrogen (secondary N) is 1. The van der Waals surface area contributed by atoms with Crippen molar-refractivity contribution in [1.82, 2.24) is 9.80 Å². The van der Waals surface area contributed by atoms with Crippen LogP contribution < -0.4 is 5.32 Å². The molecule has 2 heterocycles. The topological polar surface area (TPSA) is 124 Å². The lowest BCUT2D eigenvalue weighted by atomic mass is 10.2. The first-order valence-electron chi connectivity index (χ1n) is 7.82. The van der Waals surface area contributed by atoms with Gasteiger partial charge in [0, 0.05) is 31.6 Å². The van der Waals surface area contributed by atoms with Crippen LogP contribution in [0.15, 0.2) is 24.3 Å². The summed E-state index contributed by atoms with van der Waals surface area (Å²) in [5.41, 5.74) is 0.213. The van der Waals surface area contributed by atoms with E-state index in [-0.39, 0.29) is 49.0 Å². The van der Waals surface area contributed by atoms with Gasteiger partial charge in [-0.2, -0.15) is 0 Å². The summed E-state index contributed by atoms with van der Waals surface area (Å²) in [6.07, 6.45) is 0.289. The zero-order valence-electron chi connectivity index (χ0n) is 13.5. The monoisotopic (exact) mass is 377 g/mol. The molecule has 4 amide bonds. The molecule has 10 heteroatoms. The smallest absolute Gasteiger partial charge is 0.337 e. The highest BCUT2D eigenvalue weighted by atomic mass is 32.2. The van der Waals surface area contributed by atoms with E-state index in [4.69, 9.17) is 0 Å². The predicted molar refractivity (Wildman–Crippen MR) is 91.5 cm³/mol. The molecule has 0 unspecified atom stereocenters. The van der Waals surface area contributed by atoms with Crippen molar-refractivity contribution in [2.45, 2.75) is 18.2 Å². The normalized spacial score (nSPS) is 20.2. The van der Waals surface area contributed by atoms with E-state index in [2.05, 4.69) is 5.32 Å². The van der Waals surface area contributed by atoms with Crippen LogP contribution in [0.3, 0.4) is 0 Å². The molecule has 0 aliphatic carbocycles. The van der Waals surface area contributed by atoms with Gasteiger partial charge in [-0.25, -0.2) is 4.79 Å². The second-order valence-electron chi connectivity index (χ2n) is 5.69. The predicted octanol–water partition coefficient (Wildman–Crippen LogP) is 0.967. The lowest BCUT2D eigenvalue weighted by Crippen LogP contribution is -2.41. The van der Waals surface area contributed by atoms with Gasteiger partial charge in [0.15, 0.2) is 5.37 Å². The van der Waals surface area contributed by atoms with Crippen molar-refractivity contribution in [2.75, 3.05) is 18.4 Å². The zero-order valence-corrected chi connectivity index (χ0v) is 14.3. The summed E-state index contributed by atoms with van der Waals surface area (Å²) in [5, 5.41) is 10.5. The first kappa shape index (κ1) is 17.9. The zero-order chi connectivity index (χ0) is 18.8. The van der Waals surface area contributed by atoms with Gasteiger partial charge >= 0.3 is 5.97 Å². The van der Waals surface area contributed by atoms with Crippen molar-refractivity contribution in [3.8, 4) is 0 Å². The molecule has 0 radical (unpaired) electrons. The summed E-state index contributed by atoms with van der Waals surface area (Å²) < 4.78 is 0. The van der Waals surface area contributed by atoms with E-state index in [1.165, 1.54) is 12.1 Å². The van der Waals surface area contributed by atoms with E-state index < -0.39 is 22.5 Å². The van der Waals surface area contributed by atoms with Crippen molar-refractivity contribution in [1.29, 1.82) is 0 Å². The van der Waals surface area contributed by atoms with Crippen molar-refractivity contribution in [3.05, 3.63) is 29.8 Å². The lowest BCUT2D eigenvalue weighted by Gasteiger charge is -2.19. The van der Waals surface area contributed by atoms with E-state index in [0.717, 1.165) is 21.6 Å². The first-order valence-corrected chi connectivity index (χ1v) is 8.70. The number of aromatic carboxylic acids is 1. The summed E-state index contributed by atoms with van der Waals surface area (Å²) in [5.74, 6) is -2.32. The number of nitrogens with zero attached hydrogens (tertiary/aromatic N) is 2. The molecule has 26 heavy (non-hydrogen) atoms. The number of amides is 4. The molecule has 2 fully saturated rings. The Morgan fingerprint density at radius 3 is 2.35 bits per heavy atom. The van der Waals surface area contributed by atoms with Gasteiger partial charge in [0.25, 0.3) is 11.1 Å². The Labute approximate surface area is 152 Å². The van der Waals surface area contributed by atoms with Crippen LogP contribution in [-0.2, 0) is 14.4 Å². The maximum atomic E-state index is 12.5. The highest BCUT2D eigenvalue weighted by molar-refractivity contribution is 8.15. The highest BCUT2D eigenvalue weighted by Crippen LogP contribution is 2.29. The Hall–Kier alpha value is -2.88. The summed E-state index contributed by atoms with van der Waals surface area (Å²) in [6.45, 7) is -0.116. The average molecular weight is 377 g/mol. The fraction of sp³-hybridized carbons (Fsp3) is 0.312. The molecule has 1 aromatic carbocycles. The van der Waals surface area contributed by atoms with Crippen molar-refractivity contribution in [2.24, 2.45) is 0 Å². The number of rotatable bonds is 6. The minimum absolute atomic E-state index is 0.0138. The number of thioether (sulfide) groups is 1. The molecule has 0 spiro atoms. The van der Waals surface area contributed by atoms with Crippen LogP contribution in [0.4, 0.5) is 10.5 Å². The van der Waals surface area contributed by atoms with Gasteiger partial charge in [-0.3, -0.25) is 29.0 Å². The average Bonchev–Trinajstić information content (AvgIpc) is 3.06. The number of imide groups is 2. The Kier molecular flexibility index (Phi) is 4.94. The standard InChI is InChI=1S/C16H15N3O6S/c20-11-5-6-12(21)18(11)7-8-19-14(22)13(26-16(19)25)17-10-4-2-1-3-9(10)15(23)24/h1-4,13,17H,5-8H2,(H,23,24)/t13-/m0/s1. The number of hydrogen-bond acceptors (Lipinski definition) is 7. The number of carbonyl (C=O) groups is 5. The van der Waals surface area contributed by atoms with E-state index in [1.54, 1.807) is 12.1 Å². The van der Waals surface area contributed by atoms with E-state index in [9.17, 15) is 29.1 Å². The third-order valence-corrected chi connectivity index (χ3v) is 5.05. The molecule has 2 saturated heterocycles. The number of hydrogen-bond donors (Lipinski definition) is 2. The van der Waals surface area contributed by atoms with Gasteiger partial charge in [-0.1, -0.05) is 12.1 Å². The molecule has 0 aromatic heterocycles. The Morgan fingerprint density at radius 1 is 1.08 bits per heavy atom. The second kappa shape index (κ2) is 7.16. The van der Waals surface area contributed by atoms with E-state index >= 15 is 0 Å². The number of para-hydroxylation sites is 1. The van der Waals surface area contributed by atoms with E-state index in [0.29, 0.717) is 0 Å². The van der Waals surface area contributed by atoms with Crippen molar-refractivity contribution in [3.63, 3.8) is 0 Å². The first-order chi connectivity index (χ1) is 12.4. The van der Waals surface area contributed by atoms with Crippen LogP contribution in [0.25, 0.3) is 0 Å². The highest BCUT2D eigenvalue weighted by Gasteiger charge is 2.41. The van der Waals surface area contributed by atoms with Crippen LogP contribution in [-0.4, -0.2) is 62.3 Å². The molecule has 136 valence electrons. The fourth-order valence-electron chi connectivity index (χ4n) is 2.75. The van der Waals surface area contributed by atoms with Crippen molar-refractivity contribution >= 4 is 46.4 Å². The molecule has 3 rings (SSSR count). The van der Waals surface area contributed by atoms with Crippen molar-refractivity contribution < 1.29 is 29.1 Å². The number of carbonyl (C=O) groups excluding carboxylic acids is 4. The molecule has 0 saturated carbocycles. The number of anilines is 1. The Bertz CT molecular complexity index is 795. The van der Waals surface area contributed by atoms with E-state index in [1.807, 2.05) is 0 Å². The SMILES string of the molecule is O=C(O)c1ccccc1N[C@H]1SC(=O)N(CCN2C(=O)CCC2=O)C1=O. The van der Waals surface area contributed by atoms with Gasteiger partial charge in [-0.05, 0) is 23.9 Å². The fourth-order valence-corrected chi connectivity index (χ4v) is 3.67. The van der Waals surface area contributed by atoms with Gasteiger partial charge in [-0.15, -0.1) is 0 Å². The van der Waals surface area contributed by atoms with Crippen LogP contribution >= 0.6 is 11.8 Å². The van der Waals surface area contributed by atoms with Gasteiger partial charge in [0.2, 0.25) is 11.8 Å². The molecular formula is C16H15N3O6S. The van der Waals surface area contributed by atoms with Gasteiger partial charge in [0.1, 0.15) is 0 Å². The molecular weight excluding hydrogens is 362 g/mol. The Balaban J connectivity index is 1.67. The molecule has 9 nitrogen and oxygen atoms in total. The van der Waals surface area contributed by atoms with Crippen LogP contribution in [0.1, 0.15) is 23.2 Å².